The number of aryl methyl sites for hydroxylation is 1. The van der Waals surface area contributed by atoms with E-state index in [0.717, 1.165) is 10.8 Å². The van der Waals surface area contributed by atoms with E-state index in [-0.39, 0.29) is 17.9 Å². The number of carbonyl (C=O) groups is 1. The van der Waals surface area contributed by atoms with E-state index < -0.39 is 0 Å². The van der Waals surface area contributed by atoms with Crippen molar-refractivity contribution in [3.8, 4) is 5.13 Å². The molecule has 1 N–H and O–H groups in total. The van der Waals surface area contributed by atoms with Crippen molar-refractivity contribution in [3.05, 3.63) is 47.5 Å². The van der Waals surface area contributed by atoms with Crippen LogP contribution in [0.1, 0.15) is 29.2 Å². The van der Waals surface area contributed by atoms with Crippen LogP contribution in [-0.2, 0) is 6.54 Å². The minimum Gasteiger partial charge on any atom is -0.346 e. The molecule has 126 valence electrons. The molecular weight excluding hydrogens is 324 g/mol. The van der Waals surface area contributed by atoms with Gasteiger partial charge in [0.15, 0.2) is 5.13 Å². The minimum absolute atomic E-state index is 0.0542. The Labute approximate surface area is 144 Å². The van der Waals surface area contributed by atoms with Gasteiger partial charge in [0.25, 0.3) is 5.91 Å². The van der Waals surface area contributed by atoms with Crippen LogP contribution in [0, 0.1) is 12.8 Å². The molecule has 1 unspecified atom stereocenters. The molecule has 3 aromatic heterocycles. The summed E-state index contributed by atoms with van der Waals surface area (Å²) >= 11 is 1.39. The van der Waals surface area contributed by atoms with Crippen molar-refractivity contribution >= 4 is 17.2 Å². The standard InChI is InChI=1S/C16H20N6OS/c1-11(2)13(10-22-17-6-7-18-22)20-15(23)14-12(3)19-16(24-14)21-8-4-5-9-21/h4-9,11,13H,10H2,1-3H3,(H,20,23). The second-order valence-corrected chi connectivity index (χ2v) is 6.89. The van der Waals surface area contributed by atoms with E-state index in [1.54, 1.807) is 17.2 Å². The van der Waals surface area contributed by atoms with Crippen LogP contribution in [0.5, 0.6) is 0 Å². The van der Waals surface area contributed by atoms with Crippen LogP contribution in [0.2, 0.25) is 0 Å². The van der Waals surface area contributed by atoms with E-state index in [4.69, 9.17) is 0 Å². The number of hydrogen-bond donors (Lipinski definition) is 1. The van der Waals surface area contributed by atoms with Crippen LogP contribution in [0.25, 0.3) is 5.13 Å². The zero-order valence-corrected chi connectivity index (χ0v) is 14.7. The van der Waals surface area contributed by atoms with Crippen molar-refractivity contribution in [1.82, 2.24) is 29.9 Å². The van der Waals surface area contributed by atoms with E-state index in [2.05, 4.69) is 34.3 Å². The van der Waals surface area contributed by atoms with Crippen molar-refractivity contribution < 1.29 is 4.79 Å². The van der Waals surface area contributed by atoms with E-state index in [1.807, 2.05) is 36.0 Å². The molecule has 0 fully saturated rings. The average molecular weight is 344 g/mol. The summed E-state index contributed by atoms with van der Waals surface area (Å²) < 4.78 is 1.90. The Morgan fingerprint density at radius 1 is 1.25 bits per heavy atom. The molecule has 0 aliphatic carbocycles. The number of nitrogens with one attached hydrogen (secondary N) is 1. The maximum absolute atomic E-state index is 12.7. The fourth-order valence-electron chi connectivity index (χ4n) is 2.34. The molecule has 1 atom stereocenters. The predicted molar refractivity (Wildman–Crippen MR) is 92.3 cm³/mol. The number of nitrogens with zero attached hydrogens (tertiary/aromatic N) is 5. The Bertz CT molecular complexity index is 791. The highest BCUT2D eigenvalue weighted by Crippen LogP contribution is 2.22. The lowest BCUT2D eigenvalue weighted by Gasteiger charge is -2.21. The van der Waals surface area contributed by atoms with Crippen LogP contribution in [-0.4, -0.2) is 36.5 Å². The summed E-state index contributed by atoms with van der Waals surface area (Å²) in [5.74, 6) is 0.159. The summed E-state index contributed by atoms with van der Waals surface area (Å²) in [7, 11) is 0. The highest BCUT2D eigenvalue weighted by molar-refractivity contribution is 7.16. The predicted octanol–water partition coefficient (Wildman–Crippen LogP) is 2.29. The van der Waals surface area contributed by atoms with Gasteiger partial charge in [-0.05, 0) is 25.0 Å². The van der Waals surface area contributed by atoms with E-state index in [0.29, 0.717) is 11.4 Å². The van der Waals surface area contributed by atoms with Crippen molar-refractivity contribution in [2.24, 2.45) is 5.92 Å². The van der Waals surface area contributed by atoms with Crippen molar-refractivity contribution in [2.75, 3.05) is 0 Å². The van der Waals surface area contributed by atoms with Gasteiger partial charge < -0.3 is 9.88 Å². The lowest BCUT2D eigenvalue weighted by atomic mass is 10.0. The SMILES string of the molecule is Cc1nc(-n2cccc2)sc1C(=O)NC(Cn1nccn1)C(C)C. The minimum atomic E-state index is -0.103. The van der Waals surface area contributed by atoms with Gasteiger partial charge in [0.1, 0.15) is 4.88 Å². The van der Waals surface area contributed by atoms with Gasteiger partial charge in [0, 0.05) is 12.4 Å². The van der Waals surface area contributed by atoms with Crippen molar-refractivity contribution in [1.29, 1.82) is 0 Å². The molecule has 24 heavy (non-hydrogen) atoms. The normalized spacial score (nSPS) is 12.5. The molecule has 8 heteroatoms. The molecule has 0 aromatic carbocycles. The average Bonchev–Trinajstić information content (AvgIpc) is 3.27. The summed E-state index contributed by atoms with van der Waals surface area (Å²) in [6.07, 6.45) is 7.10. The third-order valence-corrected chi connectivity index (χ3v) is 4.93. The molecular formula is C16H20N6OS. The topological polar surface area (TPSA) is 77.6 Å². The highest BCUT2D eigenvalue weighted by Gasteiger charge is 2.22. The van der Waals surface area contributed by atoms with Gasteiger partial charge >= 0.3 is 0 Å². The van der Waals surface area contributed by atoms with Crippen LogP contribution in [0.15, 0.2) is 36.9 Å². The Morgan fingerprint density at radius 3 is 2.54 bits per heavy atom. The molecule has 0 saturated carbocycles. The largest absolute Gasteiger partial charge is 0.346 e. The van der Waals surface area contributed by atoms with Gasteiger partial charge in [0.05, 0.1) is 30.7 Å². The molecule has 0 bridgehead atoms. The van der Waals surface area contributed by atoms with E-state index >= 15 is 0 Å². The first-order valence-corrected chi connectivity index (χ1v) is 8.62. The van der Waals surface area contributed by atoms with Crippen molar-refractivity contribution in [3.63, 3.8) is 0 Å². The molecule has 3 heterocycles. The quantitative estimate of drug-likeness (QED) is 0.744. The van der Waals surface area contributed by atoms with Gasteiger partial charge in [-0.3, -0.25) is 4.79 Å². The summed E-state index contributed by atoms with van der Waals surface area (Å²) in [6, 6.07) is 3.81. The Kier molecular flexibility index (Phi) is 4.75. The molecule has 0 spiro atoms. The number of amides is 1. The van der Waals surface area contributed by atoms with Gasteiger partial charge in [-0.15, -0.1) is 0 Å². The smallest absolute Gasteiger partial charge is 0.263 e. The van der Waals surface area contributed by atoms with Gasteiger partial charge in [0.2, 0.25) is 0 Å². The molecule has 3 aromatic rings. The van der Waals surface area contributed by atoms with Gasteiger partial charge in [-0.2, -0.15) is 15.0 Å². The summed E-state index contributed by atoms with van der Waals surface area (Å²) in [6.45, 7) is 6.54. The van der Waals surface area contributed by atoms with E-state index in [1.165, 1.54) is 11.3 Å². The number of carbonyl (C=O) groups excluding carboxylic acids is 1. The lowest BCUT2D eigenvalue weighted by molar-refractivity contribution is 0.0921. The Balaban J connectivity index is 1.75. The van der Waals surface area contributed by atoms with E-state index in [9.17, 15) is 4.79 Å². The maximum Gasteiger partial charge on any atom is 0.263 e. The monoisotopic (exact) mass is 344 g/mol. The second kappa shape index (κ2) is 6.96. The molecule has 0 aliphatic rings. The van der Waals surface area contributed by atoms with Crippen LogP contribution < -0.4 is 5.32 Å². The molecule has 0 saturated heterocycles. The lowest BCUT2D eigenvalue weighted by Crippen LogP contribution is -2.42. The number of rotatable bonds is 6. The second-order valence-electron chi connectivity index (χ2n) is 5.91. The molecule has 1 amide bonds. The third-order valence-electron chi connectivity index (χ3n) is 3.76. The zero-order valence-electron chi connectivity index (χ0n) is 13.9. The van der Waals surface area contributed by atoms with Crippen molar-refractivity contribution in [2.45, 2.75) is 33.4 Å². The van der Waals surface area contributed by atoms with Crippen LogP contribution in [0.4, 0.5) is 0 Å². The summed E-state index contributed by atoms with van der Waals surface area (Å²) in [4.78, 5) is 19.4. The summed E-state index contributed by atoms with van der Waals surface area (Å²) in [5.41, 5.74) is 0.737. The molecule has 3 rings (SSSR count). The fraction of sp³-hybridized carbons (Fsp3) is 0.375. The Hall–Kier alpha value is -2.48. The summed E-state index contributed by atoms with van der Waals surface area (Å²) in [5, 5.41) is 12.1. The maximum atomic E-state index is 12.7. The van der Waals surface area contributed by atoms with Gasteiger partial charge in [-0.1, -0.05) is 25.2 Å². The Morgan fingerprint density at radius 2 is 1.92 bits per heavy atom. The van der Waals surface area contributed by atoms with Crippen LogP contribution in [0.3, 0.4) is 0 Å². The first kappa shape index (κ1) is 16.4. The molecule has 0 aliphatic heterocycles. The zero-order chi connectivity index (χ0) is 17.1. The first-order chi connectivity index (χ1) is 11.5. The number of hydrogen-bond acceptors (Lipinski definition) is 5. The molecule has 7 nitrogen and oxygen atoms in total. The van der Waals surface area contributed by atoms with Gasteiger partial charge in [-0.25, -0.2) is 4.98 Å². The number of thiazole rings is 1. The fourth-order valence-corrected chi connectivity index (χ4v) is 3.27. The number of aromatic nitrogens is 5. The first-order valence-electron chi connectivity index (χ1n) is 7.80. The molecule has 0 radical (unpaired) electrons. The third kappa shape index (κ3) is 3.53. The van der Waals surface area contributed by atoms with Crippen LogP contribution >= 0.6 is 11.3 Å². The highest BCUT2D eigenvalue weighted by atomic mass is 32.1.